The molecule has 9 nitrogen and oxygen atoms in total. The number of benzene rings is 1. The number of hydrogen-bond acceptors (Lipinski definition) is 6. The quantitative estimate of drug-likeness (QED) is 0.282. The summed E-state index contributed by atoms with van der Waals surface area (Å²) in [6, 6.07) is 9.40. The Hall–Kier alpha value is -2.27. The van der Waals surface area contributed by atoms with Crippen molar-refractivity contribution in [3.05, 3.63) is 35.9 Å². The van der Waals surface area contributed by atoms with E-state index in [1.807, 2.05) is 24.3 Å². The molecule has 10 heteroatoms. The summed E-state index contributed by atoms with van der Waals surface area (Å²) in [5.41, 5.74) is 1.40. The summed E-state index contributed by atoms with van der Waals surface area (Å²) in [7, 11) is -3.97. The summed E-state index contributed by atoms with van der Waals surface area (Å²) in [5, 5.41) is 3.87. The standard InChI is InChI=1S/C20H29N3O2.C6H13NO3S/c1-4-7-14-25-19-15-17(16-10-8-9-11-18(16)22-19)20(24)21-12-13-23(5-2)6-3;8-11(9,10)7-6-4-2-1-3-5-6/h8-11,15H,4-7,12-14H2,1-3H3,(H,21,24);6-7H,1-5H2,(H,8,9,10). The van der Waals surface area contributed by atoms with E-state index in [0.717, 1.165) is 69.1 Å². The number of unbranched alkanes of at least 4 members (excludes halogenated alkanes) is 1. The molecule has 1 aromatic heterocycles. The van der Waals surface area contributed by atoms with Gasteiger partial charge in [0.05, 0.1) is 17.7 Å². The largest absolute Gasteiger partial charge is 0.478 e. The van der Waals surface area contributed by atoms with Crippen LogP contribution in [0.5, 0.6) is 5.88 Å². The Morgan fingerprint density at radius 3 is 2.47 bits per heavy atom. The molecular formula is C26H42N4O5S. The van der Waals surface area contributed by atoms with Crippen molar-refractivity contribution in [3.8, 4) is 5.88 Å². The zero-order valence-electron chi connectivity index (χ0n) is 21.8. The number of likely N-dealkylation sites (N-methyl/N-ethyl adjacent to an activating group) is 1. The van der Waals surface area contributed by atoms with Crippen LogP contribution in [0.4, 0.5) is 0 Å². The molecule has 1 fully saturated rings. The number of aromatic nitrogens is 1. The van der Waals surface area contributed by atoms with Gasteiger partial charge in [0.1, 0.15) is 0 Å². The van der Waals surface area contributed by atoms with Crippen LogP contribution in [0.2, 0.25) is 0 Å². The summed E-state index contributed by atoms with van der Waals surface area (Å²) in [6.07, 6.45) is 7.00. The van der Waals surface area contributed by atoms with Gasteiger partial charge in [0.15, 0.2) is 0 Å². The van der Waals surface area contributed by atoms with Crippen LogP contribution in [0, 0.1) is 0 Å². The van der Waals surface area contributed by atoms with E-state index in [4.69, 9.17) is 9.29 Å². The molecule has 0 spiro atoms. The highest BCUT2D eigenvalue weighted by atomic mass is 32.2. The lowest BCUT2D eigenvalue weighted by atomic mass is 9.96. The molecule has 36 heavy (non-hydrogen) atoms. The summed E-state index contributed by atoms with van der Waals surface area (Å²) < 4.78 is 37.0. The fourth-order valence-electron chi connectivity index (χ4n) is 4.13. The van der Waals surface area contributed by atoms with E-state index >= 15 is 0 Å². The zero-order valence-corrected chi connectivity index (χ0v) is 22.6. The molecule has 1 aliphatic rings. The van der Waals surface area contributed by atoms with Gasteiger partial charge in [-0.05, 0) is 38.4 Å². The number of para-hydroxylation sites is 1. The summed E-state index contributed by atoms with van der Waals surface area (Å²) in [6.45, 7) is 10.4. The molecule has 0 atom stereocenters. The van der Waals surface area contributed by atoms with Gasteiger partial charge in [-0.3, -0.25) is 9.35 Å². The van der Waals surface area contributed by atoms with E-state index in [-0.39, 0.29) is 11.9 Å². The van der Waals surface area contributed by atoms with Crippen LogP contribution in [0.1, 0.15) is 76.1 Å². The van der Waals surface area contributed by atoms with Gasteiger partial charge >= 0.3 is 10.3 Å². The highest BCUT2D eigenvalue weighted by molar-refractivity contribution is 7.83. The van der Waals surface area contributed by atoms with Crippen molar-refractivity contribution in [2.24, 2.45) is 0 Å². The number of hydrogen-bond donors (Lipinski definition) is 3. The third kappa shape index (κ3) is 10.8. The second-order valence-corrected chi connectivity index (χ2v) is 10.1. The minimum absolute atomic E-state index is 0.0428. The van der Waals surface area contributed by atoms with E-state index in [9.17, 15) is 13.2 Å². The number of nitrogens with zero attached hydrogens (tertiary/aromatic N) is 2. The Kier molecular flexibility index (Phi) is 13.1. The van der Waals surface area contributed by atoms with Crippen LogP contribution in [0.15, 0.2) is 30.3 Å². The van der Waals surface area contributed by atoms with Crippen LogP contribution in [0.25, 0.3) is 10.9 Å². The Labute approximate surface area is 215 Å². The molecule has 1 heterocycles. The van der Waals surface area contributed by atoms with E-state index in [2.05, 4.69) is 40.7 Å². The third-order valence-corrected chi connectivity index (χ3v) is 6.85. The maximum atomic E-state index is 12.7. The fraction of sp³-hybridized carbons (Fsp3) is 0.615. The molecule has 3 N–H and O–H groups in total. The Balaban J connectivity index is 0.000000346. The number of rotatable bonds is 12. The van der Waals surface area contributed by atoms with Crippen molar-refractivity contribution < 1.29 is 22.5 Å². The van der Waals surface area contributed by atoms with Gasteiger partial charge in [0.25, 0.3) is 5.91 Å². The molecule has 1 saturated carbocycles. The average molecular weight is 523 g/mol. The van der Waals surface area contributed by atoms with Crippen LogP contribution in [-0.2, 0) is 10.3 Å². The van der Waals surface area contributed by atoms with Gasteiger partial charge in [0.2, 0.25) is 5.88 Å². The van der Waals surface area contributed by atoms with Crippen LogP contribution < -0.4 is 14.8 Å². The van der Waals surface area contributed by atoms with Crippen LogP contribution in [0.3, 0.4) is 0 Å². The van der Waals surface area contributed by atoms with Crippen molar-refractivity contribution in [2.45, 2.75) is 71.8 Å². The summed E-state index contributed by atoms with van der Waals surface area (Å²) in [5.74, 6) is 0.437. The van der Waals surface area contributed by atoms with E-state index in [0.29, 0.717) is 24.6 Å². The molecule has 0 radical (unpaired) electrons. The van der Waals surface area contributed by atoms with Crippen molar-refractivity contribution in [2.75, 3.05) is 32.8 Å². The van der Waals surface area contributed by atoms with Gasteiger partial charge in [0, 0.05) is 30.6 Å². The topological polar surface area (TPSA) is 121 Å². The molecule has 0 bridgehead atoms. The molecule has 2 aromatic rings. The molecule has 0 unspecified atom stereocenters. The smallest absolute Gasteiger partial charge is 0.333 e. The molecular weight excluding hydrogens is 480 g/mol. The molecule has 3 rings (SSSR count). The summed E-state index contributed by atoms with van der Waals surface area (Å²) in [4.78, 5) is 19.5. The van der Waals surface area contributed by atoms with Gasteiger partial charge in [-0.2, -0.15) is 13.1 Å². The van der Waals surface area contributed by atoms with Gasteiger partial charge in [-0.1, -0.05) is 64.7 Å². The molecule has 0 saturated heterocycles. The van der Waals surface area contributed by atoms with E-state index in [1.165, 1.54) is 6.42 Å². The van der Waals surface area contributed by atoms with Crippen LogP contribution >= 0.6 is 0 Å². The third-order valence-electron chi connectivity index (χ3n) is 6.21. The Bertz CT molecular complexity index is 1040. The molecule has 1 aliphatic carbocycles. The van der Waals surface area contributed by atoms with Crippen molar-refractivity contribution >= 4 is 27.1 Å². The summed E-state index contributed by atoms with van der Waals surface area (Å²) >= 11 is 0. The molecule has 1 aromatic carbocycles. The number of carbonyl (C=O) groups excluding carboxylic acids is 1. The lowest BCUT2D eigenvalue weighted by Crippen LogP contribution is -2.35. The number of amides is 1. The second kappa shape index (κ2) is 15.8. The zero-order chi connectivity index (χ0) is 26.4. The first-order valence-corrected chi connectivity index (χ1v) is 14.5. The first-order chi connectivity index (χ1) is 17.3. The second-order valence-electron chi connectivity index (χ2n) is 8.94. The fourth-order valence-corrected chi connectivity index (χ4v) is 4.78. The monoisotopic (exact) mass is 522 g/mol. The van der Waals surface area contributed by atoms with Crippen molar-refractivity contribution in [1.82, 2.24) is 19.9 Å². The van der Waals surface area contributed by atoms with Crippen molar-refractivity contribution in [1.29, 1.82) is 0 Å². The normalized spacial score (nSPS) is 14.4. The van der Waals surface area contributed by atoms with Crippen molar-refractivity contribution in [3.63, 3.8) is 0 Å². The van der Waals surface area contributed by atoms with Gasteiger partial charge < -0.3 is 15.0 Å². The average Bonchev–Trinajstić information content (AvgIpc) is 2.86. The number of ether oxygens (including phenoxy) is 1. The maximum absolute atomic E-state index is 12.7. The highest BCUT2D eigenvalue weighted by Gasteiger charge is 2.17. The first-order valence-electron chi connectivity index (χ1n) is 13.0. The predicted molar refractivity (Wildman–Crippen MR) is 144 cm³/mol. The number of nitrogens with one attached hydrogen (secondary N) is 2. The lowest BCUT2D eigenvalue weighted by Gasteiger charge is -2.20. The predicted octanol–water partition coefficient (Wildman–Crippen LogP) is 4.20. The lowest BCUT2D eigenvalue weighted by molar-refractivity contribution is 0.0950. The Morgan fingerprint density at radius 2 is 1.83 bits per heavy atom. The molecule has 0 aliphatic heterocycles. The van der Waals surface area contributed by atoms with Gasteiger partial charge in [-0.15, -0.1) is 0 Å². The van der Waals surface area contributed by atoms with E-state index < -0.39 is 10.3 Å². The molecule has 1 amide bonds. The SMILES string of the molecule is CCCCOc1cc(C(=O)NCCN(CC)CC)c2ccccc2n1.O=S(=O)(O)NC1CCCCC1. The molecule has 202 valence electrons. The maximum Gasteiger partial charge on any atom is 0.333 e. The Morgan fingerprint density at radius 1 is 1.14 bits per heavy atom. The number of carbonyl (C=O) groups is 1. The minimum Gasteiger partial charge on any atom is -0.478 e. The highest BCUT2D eigenvalue weighted by Crippen LogP contribution is 2.22. The minimum atomic E-state index is -3.97. The number of fused-ring (bicyclic) bond motifs is 1. The van der Waals surface area contributed by atoms with Gasteiger partial charge in [-0.25, -0.2) is 4.98 Å². The van der Waals surface area contributed by atoms with Crippen LogP contribution in [-0.4, -0.2) is 67.6 Å². The first kappa shape index (κ1) is 30.0. The number of pyridine rings is 1. The van der Waals surface area contributed by atoms with E-state index in [1.54, 1.807) is 6.07 Å².